The Morgan fingerprint density at radius 2 is 1.16 bits per heavy atom. The summed E-state index contributed by atoms with van der Waals surface area (Å²) in [5, 5.41) is 5.74. The third kappa shape index (κ3) is 14.5. The van der Waals surface area contributed by atoms with E-state index in [-0.39, 0.29) is 30.3 Å². The van der Waals surface area contributed by atoms with Crippen molar-refractivity contribution in [2.24, 2.45) is 5.73 Å². The first-order chi connectivity index (χ1) is 17.9. The van der Waals surface area contributed by atoms with Crippen molar-refractivity contribution in [3.63, 3.8) is 0 Å². The average molecular weight is 510 g/mol. The fraction of sp³-hybridized carbons (Fsp3) is 0.448. The molecule has 0 aliphatic rings. The molecule has 0 fully saturated rings. The maximum atomic E-state index is 12.2. The Kier molecular flexibility index (Phi) is 14.1. The van der Waals surface area contributed by atoms with Gasteiger partial charge in [-0.15, -0.1) is 0 Å². The Morgan fingerprint density at radius 1 is 0.622 bits per heavy atom. The van der Waals surface area contributed by atoms with Crippen molar-refractivity contribution in [1.82, 2.24) is 0 Å². The van der Waals surface area contributed by atoms with Gasteiger partial charge in [-0.2, -0.15) is 0 Å². The van der Waals surface area contributed by atoms with Crippen molar-refractivity contribution in [3.05, 3.63) is 60.2 Å². The molecule has 0 aliphatic heterocycles. The van der Waals surface area contributed by atoms with Crippen LogP contribution >= 0.6 is 0 Å². The Bertz CT molecular complexity index is 994. The smallest absolute Gasteiger partial charge is 0.306 e. The van der Waals surface area contributed by atoms with E-state index in [1.54, 1.807) is 12.1 Å². The zero-order valence-electron chi connectivity index (χ0n) is 21.5. The lowest BCUT2D eigenvalue weighted by molar-refractivity contribution is -0.145. The number of nitrogens with two attached hydrogens (primary N) is 1. The van der Waals surface area contributed by atoms with Crippen LogP contribution in [0.2, 0.25) is 0 Å². The Balaban J connectivity index is 1.53. The van der Waals surface area contributed by atoms with Crippen molar-refractivity contribution >= 4 is 35.1 Å². The third-order valence-electron chi connectivity index (χ3n) is 5.78. The highest BCUT2D eigenvalue weighted by molar-refractivity contribution is 5.91. The molecule has 2 aromatic rings. The van der Waals surface area contributed by atoms with Gasteiger partial charge >= 0.3 is 5.97 Å². The van der Waals surface area contributed by atoms with E-state index in [0.29, 0.717) is 31.4 Å². The number of carbonyl (C=O) groups excluding carboxylic acids is 4. The lowest BCUT2D eigenvalue weighted by Crippen LogP contribution is -2.12. The van der Waals surface area contributed by atoms with Crippen LogP contribution in [-0.2, 0) is 30.5 Å². The maximum absolute atomic E-state index is 12.2. The van der Waals surface area contributed by atoms with Crippen LogP contribution in [0.4, 0.5) is 11.4 Å². The van der Waals surface area contributed by atoms with E-state index in [9.17, 15) is 19.2 Å². The van der Waals surface area contributed by atoms with Crippen molar-refractivity contribution in [2.45, 2.75) is 83.7 Å². The monoisotopic (exact) mass is 509 g/mol. The highest BCUT2D eigenvalue weighted by Crippen LogP contribution is 2.14. The molecular formula is C29H39N3O5. The Morgan fingerprint density at radius 3 is 1.78 bits per heavy atom. The molecule has 2 aromatic carbocycles. The Labute approximate surface area is 219 Å². The molecule has 0 aliphatic carbocycles. The topological polar surface area (TPSA) is 128 Å². The minimum Gasteiger partial charge on any atom is -0.461 e. The molecule has 0 radical (unpaired) electrons. The van der Waals surface area contributed by atoms with Gasteiger partial charge in [0.1, 0.15) is 6.61 Å². The lowest BCUT2D eigenvalue weighted by atomic mass is 10.1. The summed E-state index contributed by atoms with van der Waals surface area (Å²) in [5.74, 6) is -0.615. The van der Waals surface area contributed by atoms with Crippen LogP contribution in [0, 0.1) is 0 Å². The van der Waals surface area contributed by atoms with Gasteiger partial charge in [0, 0.05) is 37.1 Å². The summed E-state index contributed by atoms with van der Waals surface area (Å²) < 4.78 is 5.37. The van der Waals surface area contributed by atoms with Gasteiger partial charge in [0.2, 0.25) is 17.7 Å². The molecule has 37 heavy (non-hydrogen) atoms. The summed E-state index contributed by atoms with van der Waals surface area (Å²) in [6.07, 6.45) is 8.10. The zero-order chi connectivity index (χ0) is 26.7. The number of ether oxygens (including phenoxy) is 1. The molecule has 0 saturated carbocycles. The molecule has 0 heterocycles. The quantitative estimate of drug-likeness (QED) is 0.181. The Hall–Kier alpha value is -3.68. The van der Waals surface area contributed by atoms with Gasteiger partial charge in [-0.1, -0.05) is 56.0 Å². The molecule has 8 heteroatoms. The SMILES string of the molecule is NC(=O)CCCCCCC(=O)Nc1cccc(COC(=O)CCCCCCC(=O)Nc2ccccc2)c1. The number of unbranched alkanes of at least 4 members (excludes halogenated alkanes) is 6. The number of nitrogens with one attached hydrogen (secondary N) is 2. The summed E-state index contributed by atoms with van der Waals surface area (Å²) >= 11 is 0. The summed E-state index contributed by atoms with van der Waals surface area (Å²) in [5.41, 5.74) is 7.39. The molecule has 4 N–H and O–H groups in total. The number of hydrogen-bond acceptors (Lipinski definition) is 5. The number of hydrogen-bond donors (Lipinski definition) is 3. The van der Waals surface area contributed by atoms with E-state index in [1.165, 1.54) is 0 Å². The van der Waals surface area contributed by atoms with E-state index >= 15 is 0 Å². The molecular weight excluding hydrogens is 470 g/mol. The first kappa shape index (κ1) is 29.5. The van der Waals surface area contributed by atoms with E-state index in [0.717, 1.165) is 62.6 Å². The van der Waals surface area contributed by atoms with Crippen molar-refractivity contribution in [2.75, 3.05) is 10.6 Å². The van der Waals surface area contributed by atoms with Gasteiger partial charge in [0.25, 0.3) is 0 Å². The minimum absolute atomic E-state index is 0.00101. The zero-order valence-corrected chi connectivity index (χ0v) is 21.5. The fourth-order valence-electron chi connectivity index (χ4n) is 3.79. The molecule has 0 bridgehead atoms. The second-order valence-corrected chi connectivity index (χ2v) is 9.12. The molecule has 2 rings (SSSR count). The van der Waals surface area contributed by atoms with Crippen LogP contribution in [0.1, 0.15) is 82.6 Å². The van der Waals surface area contributed by atoms with Gasteiger partial charge in [-0.25, -0.2) is 0 Å². The number of esters is 1. The second kappa shape index (κ2) is 17.7. The lowest BCUT2D eigenvalue weighted by Gasteiger charge is -2.09. The van der Waals surface area contributed by atoms with E-state index in [1.807, 2.05) is 42.5 Å². The number of anilines is 2. The van der Waals surface area contributed by atoms with Crippen molar-refractivity contribution < 1.29 is 23.9 Å². The average Bonchev–Trinajstić information content (AvgIpc) is 2.87. The van der Waals surface area contributed by atoms with E-state index < -0.39 is 0 Å². The summed E-state index contributed by atoms with van der Waals surface area (Å²) in [7, 11) is 0. The molecule has 0 aromatic heterocycles. The molecule has 0 unspecified atom stereocenters. The maximum Gasteiger partial charge on any atom is 0.306 e. The van der Waals surface area contributed by atoms with Gasteiger partial charge in [-0.3, -0.25) is 19.2 Å². The number of carbonyl (C=O) groups is 4. The molecule has 0 spiro atoms. The summed E-state index contributed by atoms with van der Waals surface area (Å²) in [4.78, 5) is 46.9. The number of benzene rings is 2. The second-order valence-electron chi connectivity index (χ2n) is 9.12. The molecule has 0 atom stereocenters. The molecule has 200 valence electrons. The van der Waals surface area contributed by atoms with Crippen LogP contribution < -0.4 is 16.4 Å². The largest absolute Gasteiger partial charge is 0.461 e. The van der Waals surface area contributed by atoms with Crippen molar-refractivity contribution in [1.29, 1.82) is 0 Å². The van der Waals surface area contributed by atoms with Crippen LogP contribution in [0.5, 0.6) is 0 Å². The fourth-order valence-corrected chi connectivity index (χ4v) is 3.79. The summed E-state index contributed by atoms with van der Waals surface area (Å²) in [6, 6.07) is 16.7. The van der Waals surface area contributed by atoms with Crippen LogP contribution in [0.25, 0.3) is 0 Å². The third-order valence-corrected chi connectivity index (χ3v) is 5.78. The predicted octanol–water partition coefficient (Wildman–Crippen LogP) is 5.47. The number of para-hydroxylation sites is 1. The highest BCUT2D eigenvalue weighted by Gasteiger charge is 2.07. The first-order valence-electron chi connectivity index (χ1n) is 13.1. The van der Waals surface area contributed by atoms with Gasteiger partial charge < -0.3 is 21.1 Å². The van der Waals surface area contributed by atoms with Crippen LogP contribution in [-0.4, -0.2) is 23.7 Å². The normalized spacial score (nSPS) is 10.5. The first-order valence-corrected chi connectivity index (χ1v) is 13.1. The standard InChI is InChI=1S/C29H39N3O5/c30-26(33)17-8-1-2-9-19-28(35)32-25-16-12-13-23(21-25)22-37-29(36)20-11-4-3-10-18-27(34)31-24-14-6-5-7-15-24/h5-7,12-16,21H,1-4,8-11,17-20,22H2,(H2,30,33)(H,31,34)(H,32,35). The van der Waals surface area contributed by atoms with Crippen molar-refractivity contribution in [3.8, 4) is 0 Å². The van der Waals surface area contributed by atoms with E-state index in [2.05, 4.69) is 10.6 Å². The highest BCUT2D eigenvalue weighted by atomic mass is 16.5. The van der Waals surface area contributed by atoms with E-state index in [4.69, 9.17) is 10.5 Å². The van der Waals surface area contributed by atoms with Gasteiger partial charge in [-0.05, 0) is 55.5 Å². The minimum atomic E-state index is -0.291. The number of amides is 3. The number of rotatable bonds is 18. The molecule has 3 amide bonds. The summed E-state index contributed by atoms with van der Waals surface area (Å²) in [6.45, 7) is 0.155. The number of primary amides is 1. The van der Waals surface area contributed by atoms with Gasteiger partial charge in [0.15, 0.2) is 0 Å². The predicted molar refractivity (Wildman–Crippen MR) is 145 cm³/mol. The molecule has 8 nitrogen and oxygen atoms in total. The van der Waals surface area contributed by atoms with Crippen LogP contribution in [0.15, 0.2) is 54.6 Å². The van der Waals surface area contributed by atoms with Gasteiger partial charge in [0.05, 0.1) is 0 Å². The molecule has 0 saturated heterocycles. The van der Waals surface area contributed by atoms with Crippen LogP contribution in [0.3, 0.4) is 0 Å².